The molecule has 0 aliphatic rings. The maximum atomic E-state index is 10.9. The summed E-state index contributed by atoms with van der Waals surface area (Å²) in [4.78, 5) is 10.9. The van der Waals surface area contributed by atoms with Gasteiger partial charge < -0.3 is 4.74 Å². The van der Waals surface area contributed by atoms with Crippen LogP contribution in [0.5, 0.6) is 5.75 Å². The average Bonchev–Trinajstić information content (AvgIpc) is 2.42. The molecule has 0 aromatic heterocycles. The van der Waals surface area contributed by atoms with Crippen LogP contribution in [0.2, 0.25) is 0 Å². The smallest absolute Gasteiger partial charge is 0.252 e. The molecule has 1 aromatic carbocycles. The van der Waals surface area contributed by atoms with Crippen LogP contribution in [0.25, 0.3) is 0 Å². The molecule has 106 valence electrons. The number of hydrogen-bond acceptors (Lipinski definition) is 2. The monoisotopic (exact) mass is 282 g/mol. The summed E-state index contributed by atoms with van der Waals surface area (Å²) in [6.45, 7) is 5.27. The van der Waals surface area contributed by atoms with Crippen molar-refractivity contribution in [1.29, 1.82) is 0 Å². The molecule has 1 unspecified atom stereocenters. The number of carbonyl (C=O) groups is 1. The Kier molecular flexibility index (Phi) is 7.57. The summed E-state index contributed by atoms with van der Waals surface area (Å²) in [6.07, 6.45) is 6.14. The Labute approximate surface area is 121 Å². The summed E-state index contributed by atoms with van der Waals surface area (Å²) in [6, 6.07) is 6.95. The molecule has 0 bridgehead atoms. The predicted molar refractivity (Wildman–Crippen MR) is 80.0 cm³/mol. The zero-order valence-corrected chi connectivity index (χ0v) is 12.6. The van der Waals surface area contributed by atoms with Crippen molar-refractivity contribution in [2.24, 2.45) is 5.92 Å². The first-order valence-corrected chi connectivity index (χ1v) is 7.44. The second kappa shape index (κ2) is 8.98. The summed E-state index contributed by atoms with van der Waals surface area (Å²) in [7, 11) is 0. The molecular formula is C16H23ClO2. The topological polar surface area (TPSA) is 26.3 Å². The third-order valence-electron chi connectivity index (χ3n) is 3.39. The van der Waals surface area contributed by atoms with E-state index in [0.29, 0.717) is 5.56 Å². The average molecular weight is 283 g/mol. The Hall–Kier alpha value is -1.02. The Morgan fingerprint density at radius 2 is 1.89 bits per heavy atom. The largest absolute Gasteiger partial charge is 0.494 e. The van der Waals surface area contributed by atoms with Crippen LogP contribution < -0.4 is 4.74 Å². The molecule has 0 heterocycles. The Balaban J connectivity index is 2.14. The molecule has 0 aliphatic heterocycles. The van der Waals surface area contributed by atoms with Gasteiger partial charge in [0.2, 0.25) is 0 Å². The zero-order chi connectivity index (χ0) is 14.1. The molecule has 3 heteroatoms. The van der Waals surface area contributed by atoms with Crippen LogP contribution in [0.3, 0.4) is 0 Å². The fourth-order valence-electron chi connectivity index (χ4n) is 1.85. The second-order valence-electron chi connectivity index (χ2n) is 5.01. The van der Waals surface area contributed by atoms with Crippen molar-refractivity contribution < 1.29 is 9.53 Å². The predicted octanol–water partition coefficient (Wildman–Crippen LogP) is 5.05. The van der Waals surface area contributed by atoms with E-state index in [1.807, 2.05) is 0 Å². The Morgan fingerprint density at radius 3 is 2.47 bits per heavy atom. The minimum absolute atomic E-state index is 0.434. The first-order chi connectivity index (χ1) is 9.13. The van der Waals surface area contributed by atoms with E-state index >= 15 is 0 Å². The van der Waals surface area contributed by atoms with E-state index in [1.165, 1.54) is 25.7 Å². The van der Waals surface area contributed by atoms with Gasteiger partial charge in [0.15, 0.2) is 0 Å². The molecule has 0 aliphatic carbocycles. The van der Waals surface area contributed by atoms with Gasteiger partial charge in [0, 0.05) is 5.56 Å². The lowest BCUT2D eigenvalue weighted by molar-refractivity contribution is 0.108. The van der Waals surface area contributed by atoms with Gasteiger partial charge in [-0.2, -0.15) is 0 Å². The molecular weight excluding hydrogens is 260 g/mol. The number of halogens is 1. The van der Waals surface area contributed by atoms with Crippen LogP contribution in [0.1, 0.15) is 56.3 Å². The molecule has 0 amide bonds. The molecule has 0 spiro atoms. The molecule has 1 rings (SSSR count). The third-order valence-corrected chi connectivity index (χ3v) is 3.61. The third kappa shape index (κ3) is 6.63. The fourth-order valence-corrected chi connectivity index (χ4v) is 1.97. The van der Waals surface area contributed by atoms with E-state index in [-0.39, 0.29) is 0 Å². The van der Waals surface area contributed by atoms with Crippen molar-refractivity contribution in [3.05, 3.63) is 29.8 Å². The minimum atomic E-state index is -0.434. The summed E-state index contributed by atoms with van der Waals surface area (Å²) in [5.41, 5.74) is 0.502. The van der Waals surface area contributed by atoms with E-state index in [1.54, 1.807) is 24.3 Å². The zero-order valence-electron chi connectivity index (χ0n) is 11.8. The van der Waals surface area contributed by atoms with Gasteiger partial charge in [0.05, 0.1) is 6.61 Å². The highest BCUT2D eigenvalue weighted by molar-refractivity contribution is 6.67. The van der Waals surface area contributed by atoms with Crippen LogP contribution in [0, 0.1) is 5.92 Å². The van der Waals surface area contributed by atoms with E-state index < -0.39 is 5.24 Å². The van der Waals surface area contributed by atoms with E-state index in [9.17, 15) is 4.79 Å². The van der Waals surface area contributed by atoms with Gasteiger partial charge in [0.25, 0.3) is 5.24 Å². The normalized spacial score (nSPS) is 12.2. The van der Waals surface area contributed by atoms with Gasteiger partial charge in [-0.25, -0.2) is 0 Å². The quantitative estimate of drug-likeness (QED) is 0.468. The molecule has 2 nitrogen and oxygen atoms in total. The number of hydrogen-bond donors (Lipinski definition) is 0. The Morgan fingerprint density at radius 1 is 1.21 bits per heavy atom. The van der Waals surface area contributed by atoms with Crippen molar-refractivity contribution in [3.8, 4) is 5.75 Å². The first-order valence-electron chi connectivity index (χ1n) is 7.06. The lowest BCUT2D eigenvalue weighted by Crippen LogP contribution is -1.99. The highest BCUT2D eigenvalue weighted by Crippen LogP contribution is 2.15. The molecule has 0 N–H and O–H groups in total. The van der Waals surface area contributed by atoms with E-state index in [0.717, 1.165) is 24.7 Å². The molecule has 0 radical (unpaired) electrons. The summed E-state index contributed by atoms with van der Waals surface area (Å²) < 4.78 is 5.62. The molecule has 0 saturated carbocycles. The van der Waals surface area contributed by atoms with Crippen molar-refractivity contribution in [2.75, 3.05) is 6.61 Å². The minimum Gasteiger partial charge on any atom is -0.494 e. The summed E-state index contributed by atoms with van der Waals surface area (Å²) in [5.74, 6) is 1.63. The molecule has 0 fully saturated rings. The standard InChI is InChI=1S/C16H23ClO2/c1-3-13(2)7-5-4-6-12-19-15-10-8-14(9-11-15)16(17)18/h8-11,13H,3-7,12H2,1-2H3. The number of carbonyl (C=O) groups excluding carboxylic acids is 1. The number of rotatable bonds is 9. The maximum absolute atomic E-state index is 10.9. The lowest BCUT2D eigenvalue weighted by Gasteiger charge is -2.08. The van der Waals surface area contributed by atoms with Gasteiger partial charge in [0.1, 0.15) is 5.75 Å². The van der Waals surface area contributed by atoms with Gasteiger partial charge in [-0.1, -0.05) is 39.5 Å². The van der Waals surface area contributed by atoms with Crippen LogP contribution in [0.15, 0.2) is 24.3 Å². The number of unbranched alkanes of at least 4 members (excludes halogenated alkanes) is 2. The van der Waals surface area contributed by atoms with E-state index in [4.69, 9.17) is 16.3 Å². The van der Waals surface area contributed by atoms with Gasteiger partial charge >= 0.3 is 0 Å². The highest BCUT2D eigenvalue weighted by atomic mass is 35.5. The Bertz CT molecular complexity index is 373. The van der Waals surface area contributed by atoms with Crippen LogP contribution in [-0.4, -0.2) is 11.8 Å². The van der Waals surface area contributed by atoms with Crippen LogP contribution in [-0.2, 0) is 0 Å². The van der Waals surface area contributed by atoms with Crippen LogP contribution in [0.4, 0.5) is 0 Å². The molecule has 0 saturated heterocycles. The molecule has 1 aromatic rings. The van der Waals surface area contributed by atoms with Gasteiger partial charge in [-0.3, -0.25) is 4.79 Å². The fraction of sp³-hybridized carbons (Fsp3) is 0.562. The molecule has 1 atom stereocenters. The van der Waals surface area contributed by atoms with Crippen molar-refractivity contribution in [1.82, 2.24) is 0 Å². The highest BCUT2D eigenvalue weighted by Gasteiger charge is 2.02. The van der Waals surface area contributed by atoms with Crippen molar-refractivity contribution in [3.63, 3.8) is 0 Å². The summed E-state index contributed by atoms with van der Waals surface area (Å²) in [5, 5.41) is -0.434. The number of benzene rings is 1. The van der Waals surface area contributed by atoms with Crippen LogP contribution >= 0.6 is 11.6 Å². The van der Waals surface area contributed by atoms with Crippen molar-refractivity contribution in [2.45, 2.75) is 46.0 Å². The van der Waals surface area contributed by atoms with E-state index in [2.05, 4.69) is 13.8 Å². The lowest BCUT2D eigenvalue weighted by atomic mass is 10.0. The summed E-state index contributed by atoms with van der Waals surface area (Å²) >= 11 is 5.37. The number of ether oxygens (including phenoxy) is 1. The second-order valence-corrected chi connectivity index (χ2v) is 5.35. The SMILES string of the molecule is CCC(C)CCCCCOc1ccc(C(=O)Cl)cc1. The molecule has 19 heavy (non-hydrogen) atoms. The first kappa shape index (κ1) is 16.0. The van der Waals surface area contributed by atoms with Gasteiger partial charge in [-0.05, 0) is 48.2 Å². The van der Waals surface area contributed by atoms with Gasteiger partial charge in [-0.15, -0.1) is 0 Å². The van der Waals surface area contributed by atoms with Crippen molar-refractivity contribution >= 4 is 16.8 Å². The maximum Gasteiger partial charge on any atom is 0.252 e.